The van der Waals surface area contributed by atoms with Crippen molar-refractivity contribution < 1.29 is 14.7 Å². The topological polar surface area (TPSA) is 95.7 Å². The molecule has 1 heterocycles. The number of likely N-dealkylation sites (tertiary alicyclic amines) is 1. The Labute approximate surface area is 121 Å². The maximum absolute atomic E-state index is 11.9. The number of hydrogen-bond donors (Lipinski definition) is 3. The summed E-state index contributed by atoms with van der Waals surface area (Å²) < 4.78 is 0. The van der Waals surface area contributed by atoms with E-state index in [1.54, 1.807) is 29.2 Å². The average Bonchev–Trinajstić information content (AvgIpc) is 2.72. The van der Waals surface area contributed by atoms with E-state index in [4.69, 9.17) is 22.4 Å². The average molecular weight is 298 g/mol. The molecule has 6 nitrogen and oxygen atoms in total. The molecule has 4 N–H and O–H groups in total. The molecular formula is C13H16ClN3O3. The smallest absolute Gasteiger partial charge is 0.325 e. The second-order valence-electron chi connectivity index (χ2n) is 4.98. The molecule has 0 spiro atoms. The summed E-state index contributed by atoms with van der Waals surface area (Å²) in [5.41, 5.74) is 5.11. The second-order valence-corrected chi connectivity index (χ2v) is 5.42. The third-order valence-electron chi connectivity index (χ3n) is 3.28. The van der Waals surface area contributed by atoms with Gasteiger partial charge in [-0.15, -0.1) is 0 Å². The Bertz CT molecular complexity index is 537. The van der Waals surface area contributed by atoms with Crippen molar-refractivity contribution in [1.29, 1.82) is 0 Å². The molecule has 1 aliphatic heterocycles. The summed E-state index contributed by atoms with van der Waals surface area (Å²) in [6.45, 7) is 0.774. The van der Waals surface area contributed by atoms with Gasteiger partial charge in [0, 0.05) is 23.8 Å². The Balaban J connectivity index is 1.89. The zero-order valence-electron chi connectivity index (χ0n) is 10.8. The molecule has 0 radical (unpaired) electrons. The van der Waals surface area contributed by atoms with Gasteiger partial charge in [0.2, 0.25) is 5.91 Å². The SMILES string of the molecule is NC1(C(=O)O)CCN(CC(=O)Nc2cccc(Cl)c2)C1. The van der Waals surface area contributed by atoms with Crippen LogP contribution in [0.5, 0.6) is 0 Å². The summed E-state index contributed by atoms with van der Waals surface area (Å²) in [6.07, 6.45) is 0.340. The van der Waals surface area contributed by atoms with Crippen molar-refractivity contribution in [3.8, 4) is 0 Å². The molecular weight excluding hydrogens is 282 g/mol. The van der Waals surface area contributed by atoms with E-state index in [1.165, 1.54) is 0 Å². The lowest BCUT2D eigenvalue weighted by Crippen LogP contribution is -2.50. The quantitative estimate of drug-likeness (QED) is 0.763. The Hall–Kier alpha value is -1.63. The van der Waals surface area contributed by atoms with Gasteiger partial charge in [-0.3, -0.25) is 14.5 Å². The van der Waals surface area contributed by atoms with E-state index in [0.29, 0.717) is 23.7 Å². The van der Waals surface area contributed by atoms with Gasteiger partial charge < -0.3 is 16.2 Å². The highest BCUT2D eigenvalue weighted by molar-refractivity contribution is 6.30. The van der Waals surface area contributed by atoms with Crippen LogP contribution in [0.25, 0.3) is 0 Å². The van der Waals surface area contributed by atoms with E-state index in [0.717, 1.165) is 0 Å². The van der Waals surface area contributed by atoms with Crippen molar-refractivity contribution in [2.45, 2.75) is 12.0 Å². The zero-order chi connectivity index (χ0) is 14.8. The summed E-state index contributed by atoms with van der Waals surface area (Å²) in [5, 5.41) is 12.3. The minimum Gasteiger partial charge on any atom is -0.480 e. The number of benzene rings is 1. The summed E-state index contributed by atoms with van der Waals surface area (Å²) in [6, 6.07) is 6.84. The Morgan fingerprint density at radius 2 is 2.25 bits per heavy atom. The van der Waals surface area contributed by atoms with Crippen LogP contribution in [0.15, 0.2) is 24.3 Å². The highest BCUT2D eigenvalue weighted by atomic mass is 35.5. The van der Waals surface area contributed by atoms with Crippen molar-refractivity contribution in [3.05, 3.63) is 29.3 Å². The highest BCUT2D eigenvalue weighted by Gasteiger charge is 2.41. The molecule has 1 saturated heterocycles. The Morgan fingerprint density at radius 1 is 1.50 bits per heavy atom. The van der Waals surface area contributed by atoms with Crippen molar-refractivity contribution in [3.63, 3.8) is 0 Å². The number of aliphatic carboxylic acids is 1. The molecule has 2 rings (SSSR count). The van der Waals surface area contributed by atoms with Crippen LogP contribution in [-0.4, -0.2) is 47.1 Å². The number of carbonyl (C=O) groups is 2. The van der Waals surface area contributed by atoms with Crippen LogP contribution >= 0.6 is 11.6 Å². The standard InChI is InChI=1S/C13H16ClN3O3/c14-9-2-1-3-10(6-9)16-11(18)7-17-5-4-13(15,8-17)12(19)20/h1-3,6H,4-5,7-8,15H2,(H,16,18)(H,19,20). The molecule has 1 fully saturated rings. The minimum atomic E-state index is -1.25. The first-order valence-corrected chi connectivity index (χ1v) is 6.57. The van der Waals surface area contributed by atoms with Crippen molar-refractivity contribution in [2.24, 2.45) is 5.73 Å². The molecule has 1 aromatic rings. The first kappa shape index (κ1) is 14.8. The number of nitrogens with one attached hydrogen (secondary N) is 1. The molecule has 0 saturated carbocycles. The number of carbonyl (C=O) groups excluding carboxylic acids is 1. The zero-order valence-corrected chi connectivity index (χ0v) is 11.6. The van der Waals surface area contributed by atoms with Crippen LogP contribution in [-0.2, 0) is 9.59 Å². The molecule has 108 valence electrons. The summed E-state index contributed by atoms with van der Waals surface area (Å²) >= 11 is 5.83. The third kappa shape index (κ3) is 3.47. The lowest BCUT2D eigenvalue weighted by atomic mass is 10.0. The molecule has 0 aromatic heterocycles. The molecule has 0 aliphatic carbocycles. The largest absolute Gasteiger partial charge is 0.480 e. The fourth-order valence-electron chi connectivity index (χ4n) is 2.19. The monoisotopic (exact) mass is 297 g/mol. The van der Waals surface area contributed by atoms with Gasteiger partial charge >= 0.3 is 5.97 Å². The summed E-state index contributed by atoms with van der Waals surface area (Å²) in [7, 11) is 0. The molecule has 1 unspecified atom stereocenters. The van der Waals surface area contributed by atoms with Crippen LogP contribution in [0.1, 0.15) is 6.42 Å². The van der Waals surface area contributed by atoms with Crippen LogP contribution in [0.4, 0.5) is 5.69 Å². The van der Waals surface area contributed by atoms with Gasteiger partial charge in [-0.25, -0.2) is 0 Å². The van der Waals surface area contributed by atoms with Gasteiger partial charge in [0.05, 0.1) is 6.54 Å². The summed E-state index contributed by atoms with van der Waals surface area (Å²) in [4.78, 5) is 24.6. The number of hydrogen-bond acceptors (Lipinski definition) is 4. The van der Waals surface area contributed by atoms with E-state index >= 15 is 0 Å². The molecule has 1 amide bonds. The fourth-order valence-corrected chi connectivity index (χ4v) is 2.38. The number of nitrogens with zero attached hydrogens (tertiary/aromatic N) is 1. The van der Waals surface area contributed by atoms with Gasteiger partial charge in [0.15, 0.2) is 0 Å². The van der Waals surface area contributed by atoms with Gasteiger partial charge in [-0.2, -0.15) is 0 Å². The maximum atomic E-state index is 11.9. The van der Waals surface area contributed by atoms with E-state index in [9.17, 15) is 9.59 Å². The number of amides is 1. The van der Waals surface area contributed by atoms with Crippen molar-refractivity contribution >= 4 is 29.2 Å². The lowest BCUT2D eigenvalue weighted by molar-refractivity contribution is -0.143. The Kier molecular flexibility index (Phi) is 4.27. The van der Waals surface area contributed by atoms with E-state index in [-0.39, 0.29) is 19.0 Å². The fraction of sp³-hybridized carbons (Fsp3) is 0.385. The van der Waals surface area contributed by atoms with E-state index < -0.39 is 11.5 Å². The predicted molar refractivity (Wildman–Crippen MR) is 75.7 cm³/mol. The second kappa shape index (κ2) is 5.78. The Morgan fingerprint density at radius 3 is 2.85 bits per heavy atom. The molecule has 1 aliphatic rings. The molecule has 1 atom stereocenters. The van der Waals surface area contributed by atoms with Crippen LogP contribution in [0.2, 0.25) is 5.02 Å². The first-order chi connectivity index (χ1) is 9.39. The van der Waals surface area contributed by atoms with E-state index in [2.05, 4.69) is 5.32 Å². The minimum absolute atomic E-state index is 0.110. The van der Waals surface area contributed by atoms with Crippen molar-refractivity contribution in [2.75, 3.05) is 25.0 Å². The number of rotatable bonds is 4. The number of halogens is 1. The number of carboxylic acid groups (broad SMARTS) is 1. The number of carboxylic acids is 1. The normalized spacial score (nSPS) is 22.7. The van der Waals surface area contributed by atoms with Crippen LogP contribution < -0.4 is 11.1 Å². The van der Waals surface area contributed by atoms with Crippen LogP contribution in [0.3, 0.4) is 0 Å². The summed E-state index contributed by atoms with van der Waals surface area (Å²) in [5.74, 6) is -1.25. The molecule has 7 heteroatoms. The molecule has 1 aromatic carbocycles. The maximum Gasteiger partial charge on any atom is 0.325 e. The van der Waals surface area contributed by atoms with Gasteiger partial charge in [-0.05, 0) is 24.6 Å². The van der Waals surface area contributed by atoms with Gasteiger partial charge in [0.1, 0.15) is 5.54 Å². The third-order valence-corrected chi connectivity index (χ3v) is 3.52. The van der Waals surface area contributed by atoms with Gasteiger partial charge in [0.25, 0.3) is 0 Å². The van der Waals surface area contributed by atoms with Crippen molar-refractivity contribution in [1.82, 2.24) is 4.90 Å². The van der Waals surface area contributed by atoms with Gasteiger partial charge in [-0.1, -0.05) is 17.7 Å². The molecule has 0 bridgehead atoms. The number of nitrogens with two attached hydrogens (primary N) is 1. The predicted octanol–water partition coefficient (Wildman–Crippen LogP) is 0.766. The lowest BCUT2D eigenvalue weighted by Gasteiger charge is -2.19. The highest BCUT2D eigenvalue weighted by Crippen LogP contribution is 2.19. The number of anilines is 1. The molecule has 20 heavy (non-hydrogen) atoms. The van der Waals surface area contributed by atoms with E-state index in [1.807, 2.05) is 0 Å². The van der Waals surface area contributed by atoms with Crippen LogP contribution in [0, 0.1) is 0 Å². The first-order valence-electron chi connectivity index (χ1n) is 6.19.